The Bertz CT molecular complexity index is 926. The summed E-state index contributed by atoms with van der Waals surface area (Å²) in [6.07, 6.45) is 11.6. The van der Waals surface area contributed by atoms with E-state index in [-0.39, 0.29) is 12.1 Å². The van der Waals surface area contributed by atoms with Gasteiger partial charge in [0.1, 0.15) is 0 Å². The normalized spacial score (nSPS) is 22.1. The Morgan fingerprint density at radius 2 is 2.03 bits per heavy atom. The summed E-state index contributed by atoms with van der Waals surface area (Å²) in [5.74, 6) is 0.977. The number of hydrogen-bond acceptors (Lipinski definition) is 6. The second kappa shape index (κ2) is 10.9. The summed E-state index contributed by atoms with van der Waals surface area (Å²) in [7, 11) is 0. The number of nitrogens with zero attached hydrogens (tertiary/aromatic N) is 2. The fourth-order valence-corrected chi connectivity index (χ4v) is 3.43. The van der Waals surface area contributed by atoms with Gasteiger partial charge < -0.3 is 20.8 Å². The van der Waals surface area contributed by atoms with E-state index in [1.54, 1.807) is 43.5 Å². The third kappa shape index (κ3) is 6.68. The van der Waals surface area contributed by atoms with Crippen LogP contribution in [0.2, 0.25) is 0 Å². The van der Waals surface area contributed by atoms with Crippen molar-refractivity contribution in [1.82, 2.24) is 0 Å². The molecular weight excluding hydrogens is 408 g/mol. The number of nitrogens with one attached hydrogen (secondary N) is 1. The van der Waals surface area contributed by atoms with Gasteiger partial charge in [-0.2, -0.15) is 10.1 Å². The second-order valence-corrected chi connectivity index (χ2v) is 8.45. The Morgan fingerprint density at radius 1 is 1.31 bits per heavy atom. The van der Waals surface area contributed by atoms with Crippen molar-refractivity contribution in [1.29, 1.82) is 0 Å². The maximum atomic E-state index is 12.6. The number of nitrogens with two attached hydrogens (primary N) is 1. The number of anilines is 2. The quantitative estimate of drug-likeness (QED) is 0.0927. The lowest BCUT2D eigenvalue weighted by Gasteiger charge is -2.22. The number of aliphatic imine (C=N–C) groups is 1. The lowest BCUT2D eigenvalue weighted by atomic mass is 9.93. The zero-order valence-electron chi connectivity index (χ0n) is 18.5. The minimum Gasteiger partial charge on any atom is -0.489 e. The van der Waals surface area contributed by atoms with Crippen molar-refractivity contribution >= 4 is 29.3 Å². The number of hydrogen-bond donors (Lipinski definition) is 4. The predicted octanol–water partition coefficient (Wildman–Crippen LogP) is 3.92. The van der Waals surface area contributed by atoms with Gasteiger partial charge in [-0.05, 0) is 61.3 Å². The van der Waals surface area contributed by atoms with Crippen LogP contribution in [0.4, 0.5) is 16.2 Å². The monoisotopic (exact) mass is 441 g/mol. The topological polar surface area (TPSA) is 120 Å². The van der Waals surface area contributed by atoms with Crippen molar-refractivity contribution in [2.75, 3.05) is 17.7 Å². The van der Waals surface area contributed by atoms with E-state index >= 15 is 0 Å². The summed E-state index contributed by atoms with van der Waals surface area (Å²) in [5.41, 5.74) is 8.12. The number of hydroxylamine groups is 1. The standard InChI is InChI=1S/C24H32N4O4/c1-3-4-5-16(2)28(31)24(30)27-22-12-18(14-26-19-8-10-20(29)11-9-19)21(25)13-23(22)32-15-17-6-7-17/h3-5,12-14,17,19-20,29H,1,6-11,15H2,2H3,(H3-,25,26,27,30,31)/p+1/b5-4-,28-16+. The molecule has 2 fully saturated rings. The van der Waals surface area contributed by atoms with Crippen molar-refractivity contribution in [3.63, 3.8) is 0 Å². The van der Waals surface area contributed by atoms with Crippen LogP contribution in [0, 0.1) is 5.92 Å². The van der Waals surface area contributed by atoms with Crippen LogP contribution in [0.5, 0.6) is 5.75 Å². The molecule has 0 spiro atoms. The average molecular weight is 442 g/mol. The summed E-state index contributed by atoms with van der Waals surface area (Å²) < 4.78 is 6.44. The van der Waals surface area contributed by atoms with Crippen LogP contribution >= 0.6 is 0 Å². The zero-order chi connectivity index (χ0) is 23.1. The van der Waals surface area contributed by atoms with Crippen LogP contribution in [-0.4, -0.2) is 51.8 Å². The minimum atomic E-state index is -0.721. The van der Waals surface area contributed by atoms with Crippen LogP contribution in [0.15, 0.2) is 41.9 Å². The van der Waals surface area contributed by atoms with Gasteiger partial charge in [0, 0.05) is 30.5 Å². The molecule has 1 aromatic carbocycles. The second-order valence-electron chi connectivity index (χ2n) is 8.45. The number of ether oxygens (including phenoxy) is 1. The molecule has 3 rings (SSSR count). The Hall–Kier alpha value is -3.13. The van der Waals surface area contributed by atoms with E-state index in [4.69, 9.17) is 10.5 Å². The Balaban J connectivity index is 1.82. The van der Waals surface area contributed by atoms with E-state index in [0.29, 0.717) is 45.7 Å². The highest BCUT2D eigenvalue weighted by Gasteiger charge is 2.26. The van der Waals surface area contributed by atoms with Gasteiger partial charge in [-0.15, -0.1) is 0 Å². The van der Waals surface area contributed by atoms with Gasteiger partial charge in [0.25, 0.3) is 0 Å². The first-order chi connectivity index (χ1) is 15.4. The number of nitrogen functional groups attached to an aromatic ring is 1. The molecule has 172 valence electrons. The molecule has 2 aliphatic rings. The van der Waals surface area contributed by atoms with E-state index in [1.165, 1.54) is 0 Å². The number of carbonyl (C=O) groups excluding carboxylic acids is 1. The smallest absolute Gasteiger partial charge is 0.489 e. The molecule has 8 nitrogen and oxygen atoms in total. The van der Waals surface area contributed by atoms with Gasteiger partial charge in [0.2, 0.25) is 0 Å². The maximum Gasteiger partial charge on any atom is 0.535 e. The molecule has 0 bridgehead atoms. The first-order valence-electron chi connectivity index (χ1n) is 11.1. The molecule has 5 N–H and O–H groups in total. The number of rotatable bonds is 8. The molecule has 2 aliphatic carbocycles. The molecule has 0 aromatic heterocycles. The summed E-state index contributed by atoms with van der Waals surface area (Å²) >= 11 is 0. The number of benzene rings is 1. The molecular formula is C24H33N4O4+. The number of amides is 2. The molecule has 0 atom stereocenters. The Labute approximate surface area is 188 Å². The molecule has 0 aliphatic heterocycles. The molecule has 0 heterocycles. The highest BCUT2D eigenvalue weighted by molar-refractivity contribution is 5.97. The minimum absolute atomic E-state index is 0.142. The molecule has 2 amide bonds. The number of urea groups is 1. The van der Waals surface area contributed by atoms with Gasteiger partial charge in [-0.1, -0.05) is 18.7 Å². The first-order valence-corrected chi connectivity index (χ1v) is 11.1. The summed E-state index contributed by atoms with van der Waals surface area (Å²) in [6.45, 7) is 5.73. The molecule has 32 heavy (non-hydrogen) atoms. The molecule has 0 saturated heterocycles. The fraction of sp³-hybridized carbons (Fsp3) is 0.458. The lowest BCUT2D eigenvalue weighted by molar-refractivity contribution is -0.696. The van der Waals surface area contributed by atoms with Gasteiger partial charge in [0.05, 0.1) is 18.8 Å². The molecule has 0 radical (unpaired) electrons. The van der Waals surface area contributed by atoms with Crippen molar-refractivity contribution in [3.05, 3.63) is 42.5 Å². The van der Waals surface area contributed by atoms with Crippen LogP contribution in [0.1, 0.15) is 51.0 Å². The summed E-state index contributed by atoms with van der Waals surface area (Å²) in [5, 5.41) is 22.6. The van der Waals surface area contributed by atoms with E-state index in [2.05, 4.69) is 16.9 Å². The van der Waals surface area contributed by atoms with Crippen molar-refractivity contribution in [2.45, 2.75) is 57.6 Å². The number of aliphatic hydroxyl groups excluding tert-OH is 1. The van der Waals surface area contributed by atoms with Gasteiger partial charge in [0.15, 0.2) is 17.1 Å². The molecule has 1 aromatic rings. The van der Waals surface area contributed by atoms with Gasteiger partial charge >= 0.3 is 6.03 Å². The summed E-state index contributed by atoms with van der Waals surface area (Å²) in [6, 6.07) is 2.81. The highest BCUT2D eigenvalue weighted by atomic mass is 16.5. The van der Waals surface area contributed by atoms with E-state index in [1.807, 2.05) is 0 Å². The average Bonchev–Trinajstić information content (AvgIpc) is 3.61. The summed E-state index contributed by atoms with van der Waals surface area (Å²) in [4.78, 5) is 17.2. The number of aliphatic hydroxyl groups is 1. The molecule has 2 saturated carbocycles. The van der Waals surface area contributed by atoms with Crippen LogP contribution in [-0.2, 0) is 0 Å². The Kier molecular flexibility index (Phi) is 8.05. The predicted molar refractivity (Wildman–Crippen MR) is 126 cm³/mol. The van der Waals surface area contributed by atoms with Crippen molar-refractivity contribution in [3.8, 4) is 5.75 Å². The maximum absolute atomic E-state index is 12.6. The van der Waals surface area contributed by atoms with E-state index in [0.717, 1.165) is 38.5 Å². The number of allylic oxidation sites excluding steroid dienone is 3. The first kappa shape index (κ1) is 23.5. The van der Waals surface area contributed by atoms with Gasteiger partial charge in [-0.3, -0.25) is 4.99 Å². The zero-order valence-corrected chi connectivity index (χ0v) is 18.5. The molecule has 8 heteroatoms. The third-order valence-electron chi connectivity index (χ3n) is 5.69. The fourth-order valence-electron chi connectivity index (χ4n) is 3.43. The van der Waals surface area contributed by atoms with E-state index in [9.17, 15) is 15.1 Å². The largest absolute Gasteiger partial charge is 0.535 e. The highest BCUT2D eigenvalue weighted by Crippen LogP contribution is 2.34. The van der Waals surface area contributed by atoms with E-state index < -0.39 is 6.03 Å². The lowest BCUT2D eigenvalue weighted by Crippen LogP contribution is -2.27. The van der Waals surface area contributed by atoms with Crippen molar-refractivity contribution in [2.24, 2.45) is 10.9 Å². The Morgan fingerprint density at radius 3 is 2.69 bits per heavy atom. The SMILES string of the molecule is C=C/C=C\C(C)=[N+](\O)C(=O)Nc1cc(C=NC2CCC(O)CC2)c(N)cc1OCC1CC1. The number of carbonyl (C=O) groups is 1. The van der Waals surface area contributed by atoms with Crippen LogP contribution < -0.4 is 15.8 Å². The van der Waals surface area contributed by atoms with Crippen molar-refractivity contribution < 1.29 is 24.6 Å². The molecule has 0 unspecified atom stereocenters. The van der Waals surface area contributed by atoms with Crippen LogP contribution in [0.25, 0.3) is 0 Å². The third-order valence-corrected chi connectivity index (χ3v) is 5.69. The van der Waals surface area contributed by atoms with Gasteiger partial charge in [-0.25, -0.2) is 0 Å². The van der Waals surface area contributed by atoms with Crippen LogP contribution in [0.3, 0.4) is 0 Å².